The summed E-state index contributed by atoms with van der Waals surface area (Å²) in [5, 5.41) is 6.18. The lowest BCUT2D eigenvalue weighted by molar-refractivity contribution is 0.171. The molecule has 26 heavy (non-hydrogen) atoms. The van der Waals surface area contributed by atoms with E-state index in [1.54, 1.807) is 12.1 Å². The predicted octanol–water partition coefficient (Wildman–Crippen LogP) is 3.25. The quantitative estimate of drug-likeness (QED) is 0.709. The standard InChI is InChI=1S/C19H25FN4O2/c1-13(22-14-8-9-14)17-12-24(11-5-10-21-19(25)26-2)18(23-17)15-6-3-4-7-16(15)20/h3-4,6-7,12-14,22H,5,8-11H2,1-2H3,(H,21,25). The van der Waals surface area contributed by atoms with Crippen LogP contribution in [0.15, 0.2) is 30.5 Å². The molecule has 1 saturated carbocycles. The first-order valence-electron chi connectivity index (χ1n) is 8.98. The van der Waals surface area contributed by atoms with E-state index in [9.17, 15) is 9.18 Å². The maximum atomic E-state index is 14.3. The van der Waals surface area contributed by atoms with Crippen LogP contribution in [0.5, 0.6) is 0 Å². The van der Waals surface area contributed by atoms with Gasteiger partial charge in [-0.15, -0.1) is 0 Å². The van der Waals surface area contributed by atoms with E-state index in [4.69, 9.17) is 4.98 Å². The van der Waals surface area contributed by atoms with Crippen molar-refractivity contribution < 1.29 is 13.9 Å². The van der Waals surface area contributed by atoms with Gasteiger partial charge in [-0.2, -0.15) is 0 Å². The summed E-state index contributed by atoms with van der Waals surface area (Å²) in [7, 11) is 1.34. The van der Waals surface area contributed by atoms with E-state index in [0.717, 1.165) is 5.69 Å². The fourth-order valence-electron chi connectivity index (χ4n) is 2.87. The zero-order valence-corrected chi connectivity index (χ0v) is 15.2. The average Bonchev–Trinajstić information content (AvgIpc) is 3.35. The number of ether oxygens (including phenoxy) is 1. The number of aromatic nitrogens is 2. The first kappa shape index (κ1) is 18.4. The number of hydrogen-bond donors (Lipinski definition) is 2. The molecule has 3 rings (SSSR count). The molecule has 1 heterocycles. The minimum atomic E-state index is -0.451. The molecular weight excluding hydrogens is 335 g/mol. The number of hydrogen-bond acceptors (Lipinski definition) is 4. The Hall–Kier alpha value is -2.41. The Morgan fingerprint density at radius 2 is 2.19 bits per heavy atom. The zero-order valence-electron chi connectivity index (χ0n) is 15.2. The van der Waals surface area contributed by atoms with Gasteiger partial charge in [-0.05, 0) is 38.3 Å². The van der Waals surface area contributed by atoms with Crippen LogP contribution in [-0.2, 0) is 11.3 Å². The van der Waals surface area contributed by atoms with Gasteiger partial charge in [0.25, 0.3) is 0 Å². The Kier molecular flexibility index (Phi) is 5.88. The average molecular weight is 360 g/mol. The van der Waals surface area contributed by atoms with Crippen LogP contribution >= 0.6 is 0 Å². The molecule has 2 N–H and O–H groups in total. The van der Waals surface area contributed by atoms with Gasteiger partial charge in [-0.1, -0.05) is 12.1 Å². The zero-order chi connectivity index (χ0) is 18.5. The van der Waals surface area contributed by atoms with Gasteiger partial charge < -0.3 is 19.9 Å². The maximum absolute atomic E-state index is 14.3. The van der Waals surface area contributed by atoms with Crippen LogP contribution in [-0.4, -0.2) is 35.3 Å². The summed E-state index contributed by atoms with van der Waals surface area (Å²) < 4.78 is 20.8. The molecular formula is C19H25FN4O2. The highest BCUT2D eigenvalue weighted by Gasteiger charge is 2.25. The molecule has 140 valence electrons. The number of nitrogens with one attached hydrogen (secondary N) is 2. The van der Waals surface area contributed by atoms with Crippen LogP contribution in [0, 0.1) is 5.82 Å². The number of amides is 1. The predicted molar refractivity (Wildman–Crippen MR) is 97.2 cm³/mol. The molecule has 0 radical (unpaired) electrons. The van der Waals surface area contributed by atoms with Gasteiger partial charge in [-0.25, -0.2) is 14.2 Å². The molecule has 2 aromatic rings. The van der Waals surface area contributed by atoms with Gasteiger partial charge >= 0.3 is 6.09 Å². The van der Waals surface area contributed by atoms with Crippen molar-refractivity contribution in [2.75, 3.05) is 13.7 Å². The van der Waals surface area contributed by atoms with Crippen molar-refractivity contribution >= 4 is 6.09 Å². The van der Waals surface area contributed by atoms with E-state index in [-0.39, 0.29) is 11.9 Å². The molecule has 7 heteroatoms. The number of alkyl carbamates (subject to hydrolysis) is 1. The number of rotatable bonds is 8. The Morgan fingerprint density at radius 1 is 1.42 bits per heavy atom. The molecule has 0 spiro atoms. The monoisotopic (exact) mass is 360 g/mol. The lowest BCUT2D eigenvalue weighted by atomic mass is 10.2. The largest absolute Gasteiger partial charge is 0.453 e. The molecule has 0 saturated heterocycles. The number of methoxy groups -OCH3 is 1. The molecule has 0 aliphatic heterocycles. The van der Waals surface area contributed by atoms with E-state index in [2.05, 4.69) is 22.3 Å². The fourth-order valence-corrected chi connectivity index (χ4v) is 2.87. The van der Waals surface area contributed by atoms with Crippen LogP contribution in [0.2, 0.25) is 0 Å². The minimum absolute atomic E-state index is 0.113. The third-order valence-corrected chi connectivity index (χ3v) is 4.45. The van der Waals surface area contributed by atoms with Gasteiger partial charge in [0.2, 0.25) is 0 Å². The molecule has 1 amide bonds. The van der Waals surface area contributed by atoms with Gasteiger partial charge in [0.1, 0.15) is 11.6 Å². The summed E-state index contributed by atoms with van der Waals surface area (Å²) >= 11 is 0. The molecule has 1 fully saturated rings. The van der Waals surface area contributed by atoms with Gasteiger partial charge in [0, 0.05) is 31.4 Å². The number of aryl methyl sites for hydroxylation is 1. The number of benzene rings is 1. The molecule has 1 atom stereocenters. The third kappa shape index (κ3) is 4.60. The summed E-state index contributed by atoms with van der Waals surface area (Å²) in [5.41, 5.74) is 1.38. The van der Waals surface area contributed by atoms with E-state index >= 15 is 0 Å². The van der Waals surface area contributed by atoms with Crippen molar-refractivity contribution in [1.29, 1.82) is 0 Å². The molecule has 0 bridgehead atoms. The number of imidazole rings is 1. The van der Waals surface area contributed by atoms with Gasteiger partial charge in [0.15, 0.2) is 0 Å². The lowest BCUT2D eigenvalue weighted by Gasteiger charge is -2.09. The summed E-state index contributed by atoms with van der Waals surface area (Å²) in [6.45, 7) is 3.18. The van der Waals surface area contributed by atoms with Gasteiger partial charge in [-0.3, -0.25) is 0 Å². The first-order valence-corrected chi connectivity index (χ1v) is 8.98. The number of nitrogens with zero attached hydrogens (tertiary/aromatic N) is 2. The SMILES string of the molecule is COC(=O)NCCCn1cc(C(C)NC2CC2)nc1-c1ccccc1F. The fraction of sp³-hybridized carbons (Fsp3) is 0.474. The highest BCUT2D eigenvalue weighted by atomic mass is 19.1. The van der Waals surface area contributed by atoms with Gasteiger partial charge in [0.05, 0.1) is 18.4 Å². The van der Waals surface area contributed by atoms with Crippen LogP contribution < -0.4 is 10.6 Å². The summed E-state index contributed by atoms with van der Waals surface area (Å²) in [5.74, 6) is 0.321. The maximum Gasteiger partial charge on any atom is 0.406 e. The second kappa shape index (κ2) is 8.31. The highest BCUT2D eigenvalue weighted by Crippen LogP contribution is 2.27. The second-order valence-corrected chi connectivity index (χ2v) is 6.60. The molecule has 1 aliphatic rings. The summed E-state index contributed by atoms with van der Waals surface area (Å²) in [6, 6.07) is 7.34. The second-order valence-electron chi connectivity index (χ2n) is 6.60. The Labute approximate surface area is 152 Å². The van der Waals surface area contributed by atoms with Crippen molar-refractivity contribution in [2.45, 2.75) is 44.8 Å². The Balaban J connectivity index is 1.77. The number of halogens is 1. The van der Waals surface area contributed by atoms with E-state index in [1.807, 2.05) is 16.8 Å². The normalized spacial score (nSPS) is 14.9. The lowest BCUT2D eigenvalue weighted by Crippen LogP contribution is -2.24. The number of carbonyl (C=O) groups is 1. The van der Waals surface area contributed by atoms with Crippen LogP contribution in [0.25, 0.3) is 11.4 Å². The van der Waals surface area contributed by atoms with Crippen LogP contribution in [0.1, 0.15) is 37.9 Å². The van der Waals surface area contributed by atoms with Crippen molar-refractivity contribution in [1.82, 2.24) is 20.2 Å². The van der Waals surface area contributed by atoms with Crippen molar-refractivity contribution in [3.05, 3.63) is 42.0 Å². The van der Waals surface area contributed by atoms with Crippen molar-refractivity contribution in [2.24, 2.45) is 0 Å². The van der Waals surface area contributed by atoms with E-state index < -0.39 is 6.09 Å². The van der Waals surface area contributed by atoms with E-state index in [1.165, 1.54) is 26.0 Å². The molecule has 6 nitrogen and oxygen atoms in total. The molecule has 1 aromatic carbocycles. The highest BCUT2D eigenvalue weighted by molar-refractivity contribution is 5.66. The van der Waals surface area contributed by atoms with Crippen molar-refractivity contribution in [3.63, 3.8) is 0 Å². The summed E-state index contributed by atoms with van der Waals surface area (Å²) in [6.07, 6.45) is 4.61. The topological polar surface area (TPSA) is 68.2 Å². The summed E-state index contributed by atoms with van der Waals surface area (Å²) in [4.78, 5) is 15.8. The third-order valence-electron chi connectivity index (χ3n) is 4.45. The molecule has 1 aliphatic carbocycles. The molecule has 1 unspecified atom stereocenters. The first-order chi connectivity index (χ1) is 12.6. The van der Waals surface area contributed by atoms with Crippen LogP contribution in [0.4, 0.5) is 9.18 Å². The Bertz CT molecular complexity index is 758. The number of carbonyl (C=O) groups excluding carboxylic acids is 1. The smallest absolute Gasteiger partial charge is 0.406 e. The Morgan fingerprint density at radius 3 is 2.88 bits per heavy atom. The minimum Gasteiger partial charge on any atom is -0.453 e. The van der Waals surface area contributed by atoms with Crippen LogP contribution in [0.3, 0.4) is 0 Å². The van der Waals surface area contributed by atoms with E-state index in [0.29, 0.717) is 36.9 Å². The van der Waals surface area contributed by atoms with Crippen molar-refractivity contribution in [3.8, 4) is 11.4 Å². The molecule has 1 aromatic heterocycles.